The second kappa shape index (κ2) is 7.70. The van der Waals surface area contributed by atoms with Gasteiger partial charge in [-0.1, -0.05) is 30.3 Å². The van der Waals surface area contributed by atoms with Gasteiger partial charge in [-0.3, -0.25) is 9.69 Å². The fourth-order valence-corrected chi connectivity index (χ4v) is 4.55. The second-order valence-corrected chi connectivity index (χ2v) is 7.93. The van der Waals surface area contributed by atoms with E-state index in [-0.39, 0.29) is 11.7 Å². The van der Waals surface area contributed by atoms with Crippen LogP contribution in [0.15, 0.2) is 60.7 Å². The summed E-state index contributed by atoms with van der Waals surface area (Å²) in [5.74, 6) is -0.337. The molecule has 0 saturated carbocycles. The minimum atomic E-state index is -0.920. The Balaban J connectivity index is 1.24. The van der Waals surface area contributed by atoms with E-state index < -0.39 is 6.23 Å². The molecule has 5 rings (SSSR count). The average molecular weight is 405 g/mol. The minimum absolute atomic E-state index is 0.114. The van der Waals surface area contributed by atoms with Crippen molar-refractivity contribution < 1.29 is 14.3 Å². The monoisotopic (exact) mass is 405 g/mol. The molecule has 6 heteroatoms. The molecule has 0 aromatic heterocycles. The molecular weight excluding hydrogens is 381 g/mol. The molecule has 2 aliphatic rings. The summed E-state index contributed by atoms with van der Waals surface area (Å²) in [5, 5.41) is 12.7. The van der Waals surface area contributed by atoms with Crippen molar-refractivity contribution in [1.82, 2.24) is 9.80 Å². The Morgan fingerprint density at radius 3 is 2.33 bits per heavy atom. The number of amides is 1. The van der Waals surface area contributed by atoms with Crippen molar-refractivity contribution in [2.75, 3.05) is 44.2 Å². The van der Waals surface area contributed by atoms with E-state index >= 15 is 0 Å². The predicted octanol–water partition coefficient (Wildman–Crippen LogP) is 3.25. The van der Waals surface area contributed by atoms with E-state index in [4.69, 9.17) is 0 Å². The lowest BCUT2D eigenvalue weighted by Gasteiger charge is -2.38. The molecule has 154 valence electrons. The van der Waals surface area contributed by atoms with Gasteiger partial charge in [-0.25, -0.2) is 4.39 Å². The molecule has 1 atom stereocenters. The summed E-state index contributed by atoms with van der Waals surface area (Å²) in [7, 11) is 0. The van der Waals surface area contributed by atoms with Crippen LogP contribution < -0.4 is 4.90 Å². The summed E-state index contributed by atoms with van der Waals surface area (Å²) in [6, 6.07) is 18.1. The van der Waals surface area contributed by atoms with Crippen LogP contribution >= 0.6 is 0 Å². The van der Waals surface area contributed by atoms with Crippen LogP contribution in [0.2, 0.25) is 0 Å². The number of hydrogen-bond acceptors (Lipinski definition) is 4. The van der Waals surface area contributed by atoms with E-state index in [0.29, 0.717) is 18.7 Å². The van der Waals surface area contributed by atoms with Crippen molar-refractivity contribution >= 4 is 22.4 Å². The lowest BCUT2D eigenvalue weighted by atomic mass is 9.93. The highest BCUT2D eigenvalue weighted by molar-refractivity contribution is 6.10. The quantitative estimate of drug-likeness (QED) is 0.724. The summed E-state index contributed by atoms with van der Waals surface area (Å²) < 4.78 is 13.1. The van der Waals surface area contributed by atoms with Gasteiger partial charge in [0.15, 0.2) is 6.23 Å². The third kappa shape index (κ3) is 3.32. The van der Waals surface area contributed by atoms with Crippen molar-refractivity contribution in [2.45, 2.75) is 6.23 Å². The van der Waals surface area contributed by atoms with E-state index in [9.17, 15) is 14.3 Å². The first kappa shape index (κ1) is 19.0. The summed E-state index contributed by atoms with van der Waals surface area (Å²) in [6.07, 6.45) is -0.920. The van der Waals surface area contributed by atoms with Crippen molar-refractivity contribution in [3.05, 3.63) is 77.6 Å². The number of benzene rings is 3. The van der Waals surface area contributed by atoms with Gasteiger partial charge in [0.05, 0.1) is 0 Å². The predicted molar refractivity (Wildman–Crippen MR) is 115 cm³/mol. The Bertz CT molecular complexity index is 1070. The summed E-state index contributed by atoms with van der Waals surface area (Å²) in [6.45, 7) is 4.61. The topological polar surface area (TPSA) is 47.0 Å². The Kier molecular flexibility index (Phi) is 4.89. The van der Waals surface area contributed by atoms with Crippen LogP contribution in [0.3, 0.4) is 0 Å². The molecule has 2 aliphatic heterocycles. The molecule has 1 saturated heterocycles. The van der Waals surface area contributed by atoms with Crippen molar-refractivity contribution in [3.8, 4) is 0 Å². The van der Waals surface area contributed by atoms with Crippen LogP contribution in [0.1, 0.15) is 22.1 Å². The zero-order chi connectivity index (χ0) is 20.7. The van der Waals surface area contributed by atoms with Crippen LogP contribution in [0.4, 0.5) is 10.1 Å². The molecule has 30 heavy (non-hydrogen) atoms. The van der Waals surface area contributed by atoms with Gasteiger partial charge in [0.25, 0.3) is 5.91 Å². The molecule has 5 nitrogen and oxygen atoms in total. The van der Waals surface area contributed by atoms with Gasteiger partial charge in [0.2, 0.25) is 0 Å². The van der Waals surface area contributed by atoms with Gasteiger partial charge in [0.1, 0.15) is 5.82 Å². The molecule has 1 N–H and O–H groups in total. The maximum absolute atomic E-state index is 13.1. The highest BCUT2D eigenvalue weighted by atomic mass is 19.1. The van der Waals surface area contributed by atoms with Crippen LogP contribution in [-0.4, -0.2) is 60.1 Å². The molecular formula is C24H24FN3O2. The Labute approximate surface area is 174 Å². The molecule has 3 aromatic carbocycles. The molecule has 3 aromatic rings. The molecule has 1 fully saturated rings. The molecule has 1 unspecified atom stereocenters. The number of carbonyl (C=O) groups excluding carboxylic acids is 1. The number of aliphatic hydroxyl groups excluding tert-OH is 1. The largest absolute Gasteiger partial charge is 0.369 e. The highest BCUT2D eigenvalue weighted by Crippen LogP contribution is 2.35. The Morgan fingerprint density at radius 1 is 0.900 bits per heavy atom. The van der Waals surface area contributed by atoms with Gasteiger partial charge in [0, 0.05) is 61.5 Å². The highest BCUT2D eigenvalue weighted by Gasteiger charge is 2.32. The lowest BCUT2D eigenvalue weighted by Crippen LogP contribution is -2.50. The van der Waals surface area contributed by atoms with E-state index in [0.717, 1.165) is 48.2 Å². The van der Waals surface area contributed by atoms with Gasteiger partial charge >= 0.3 is 0 Å². The first-order chi connectivity index (χ1) is 14.6. The molecule has 2 heterocycles. The molecule has 0 aliphatic carbocycles. The zero-order valence-corrected chi connectivity index (χ0v) is 16.7. The smallest absolute Gasteiger partial charge is 0.256 e. The van der Waals surface area contributed by atoms with Crippen LogP contribution in [0.25, 0.3) is 10.8 Å². The van der Waals surface area contributed by atoms with Gasteiger partial charge in [-0.2, -0.15) is 0 Å². The fourth-order valence-electron chi connectivity index (χ4n) is 4.55. The first-order valence-corrected chi connectivity index (χ1v) is 10.4. The number of aliphatic hydroxyl groups is 1. The second-order valence-electron chi connectivity index (χ2n) is 7.93. The van der Waals surface area contributed by atoms with Crippen molar-refractivity contribution in [3.63, 3.8) is 0 Å². The summed E-state index contributed by atoms with van der Waals surface area (Å²) in [4.78, 5) is 19.2. The van der Waals surface area contributed by atoms with E-state index in [1.54, 1.807) is 4.90 Å². The van der Waals surface area contributed by atoms with Crippen LogP contribution in [0.5, 0.6) is 0 Å². The molecule has 0 radical (unpaired) electrons. The SMILES string of the molecule is O=C1c2cccc3cccc(c23)C(O)N1CCN1CCN(c2ccc(F)cc2)CC1. The molecule has 0 bridgehead atoms. The average Bonchev–Trinajstić information content (AvgIpc) is 2.78. The summed E-state index contributed by atoms with van der Waals surface area (Å²) in [5.41, 5.74) is 2.49. The van der Waals surface area contributed by atoms with Gasteiger partial charge in [-0.15, -0.1) is 0 Å². The number of anilines is 1. The van der Waals surface area contributed by atoms with Crippen molar-refractivity contribution in [1.29, 1.82) is 0 Å². The number of hydrogen-bond donors (Lipinski definition) is 1. The maximum atomic E-state index is 13.1. The number of rotatable bonds is 4. The summed E-state index contributed by atoms with van der Waals surface area (Å²) >= 11 is 0. The number of carbonyl (C=O) groups is 1. The van der Waals surface area contributed by atoms with Gasteiger partial charge < -0.3 is 14.9 Å². The normalized spacial score (nSPS) is 19.5. The fraction of sp³-hybridized carbons (Fsp3) is 0.292. The van der Waals surface area contributed by atoms with E-state index in [2.05, 4.69) is 9.80 Å². The third-order valence-electron chi connectivity index (χ3n) is 6.22. The third-order valence-corrected chi connectivity index (χ3v) is 6.22. The molecule has 0 spiro atoms. The number of piperazine rings is 1. The first-order valence-electron chi connectivity index (χ1n) is 10.4. The number of nitrogens with zero attached hydrogens (tertiary/aromatic N) is 3. The number of halogens is 1. The van der Waals surface area contributed by atoms with E-state index in [1.165, 1.54) is 12.1 Å². The van der Waals surface area contributed by atoms with E-state index in [1.807, 2.05) is 48.5 Å². The molecule has 1 amide bonds. The maximum Gasteiger partial charge on any atom is 0.256 e. The van der Waals surface area contributed by atoms with Crippen LogP contribution in [0, 0.1) is 5.82 Å². The standard InChI is InChI=1S/C24H24FN3O2/c25-18-7-9-19(10-8-18)27-14-11-26(12-15-27)13-16-28-23(29)20-5-1-3-17-4-2-6-21(22(17)20)24(28)30/h1-10,23,29H,11-16H2. The lowest BCUT2D eigenvalue weighted by molar-refractivity contribution is 0.000972. The van der Waals surface area contributed by atoms with Crippen LogP contribution in [-0.2, 0) is 0 Å². The van der Waals surface area contributed by atoms with Gasteiger partial charge in [-0.05, 0) is 35.7 Å². The Hall–Kier alpha value is -2.96. The zero-order valence-electron chi connectivity index (χ0n) is 16.7. The van der Waals surface area contributed by atoms with Crippen molar-refractivity contribution in [2.24, 2.45) is 0 Å². The minimum Gasteiger partial charge on any atom is -0.369 e. The Morgan fingerprint density at radius 2 is 1.60 bits per heavy atom.